The fourth-order valence-electron chi connectivity index (χ4n) is 3.08. The zero-order valence-corrected chi connectivity index (χ0v) is 17.7. The maximum atomic E-state index is 14.5. The molecule has 0 spiro atoms. The van der Waals surface area contributed by atoms with E-state index < -0.39 is 35.3 Å². The fraction of sp³-hybridized carbons (Fsp3) is 0.227. The van der Waals surface area contributed by atoms with Gasteiger partial charge in [-0.2, -0.15) is 0 Å². The molecule has 5 N–H and O–H groups in total. The number of hydrogen-bond acceptors (Lipinski definition) is 5. The van der Waals surface area contributed by atoms with Gasteiger partial charge in [0.1, 0.15) is 17.0 Å². The summed E-state index contributed by atoms with van der Waals surface area (Å²) in [6, 6.07) is 9.96. The number of hydrogen-bond donors (Lipinski definition) is 3. The number of halogens is 4. The lowest BCUT2D eigenvalue weighted by Gasteiger charge is -2.33. The standard InChI is InChI=1S/C22H19F4NO2S.H4N2/c23-17-8-6-16(7-9-17)22(25,26)10-12-30-20-19(21(28)29)5-2-11-27(20)14-15-3-1-4-18(24)13-15;1-2/h1-9,11,13,20H,10,12,14H2,(H,28,29);1-2H2. The van der Waals surface area contributed by atoms with Gasteiger partial charge in [0.25, 0.3) is 5.92 Å². The quantitative estimate of drug-likeness (QED) is 0.302. The highest BCUT2D eigenvalue weighted by molar-refractivity contribution is 8.00. The topological polar surface area (TPSA) is 92.6 Å². The summed E-state index contributed by atoms with van der Waals surface area (Å²) in [5.74, 6) is 2.64. The van der Waals surface area contributed by atoms with E-state index in [1.807, 2.05) is 0 Å². The molecule has 5 nitrogen and oxygen atoms in total. The minimum Gasteiger partial charge on any atom is -0.478 e. The summed E-state index contributed by atoms with van der Waals surface area (Å²) in [6.07, 6.45) is 4.12. The van der Waals surface area contributed by atoms with Crippen LogP contribution in [0.1, 0.15) is 17.5 Å². The molecule has 0 aliphatic carbocycles. The number of benzene rings is 2. The van der Waals surface area contributed by atoms with E-state index in [9.17, 15) is 27.5 Å². The van der Waals surface area contributed by atoms with E-state index in [4.69, 9.17) is 0 Å². The highest BCUT2D eigenvalue weighted by Crippen LogP contribution is 2.36. The first-order chi connectivity index (χ1) is 15.3. The number of nitrogens with two attached hydrogens (primary N) is 2. The predicted octanol–water partition coefficient (Wildman–Crippen LogP) is 4.37. The second kappa shape index (κ2) is 11.7. The average molecular weight is 470 g/mol. The summed E-state index contributed by atoms with van der Waals surface area (Å²) in [4.78, 5) is 13.3. The minimum absolute atomic E-state index is 0.0346. The monoisotopic (exact) mass is 469 g/mol. The van der Waals surface area contributed by atoms with Crippen LogP contribution in [0.4, 0.5) is 17.6 Å². The number of alkyl halides is 2. The number of nitrogens with zero attached hydrogens (tertiary/aromatic N) is 1. The van der Waals surface area contributed by atoms with Crippen LogP contribution in [0.15, 0.2) is 72.5 Å². The van der Waals surface area contributed by atoms with Gasteiger partial charge in [-0.25, -0.2) is 22.4 Å². The van der Waals surface area contributed by atoms with Crippen molar-refractivity contribution in [2.24, 2.45) is 11.7 Å². The first kappa shape index (κ1) is 25.4. The number of rotatable bonds is 8. The smallest absolute Gasteiger partial charge is 0.334 e. The van der Waals surface area contributed by atoms with Gasteiger partial charge in [0, 0.05) is 30.5 Å². The molecule has 0 saturated carbocycles. The number of carboxylic acids is 1. The van der Waals surface area contributed by atoms with Gasteiger partial charge in [-0.1, -0.05) is 24.3 Å². The molecule has 2 aromatic carbocycles. The molecule has 0 radical (unpaired) electrons. The van der Waals surface area contributed by atoms with Gasteiger partial charge in [-0.15, -0.1) is 11.8 Å². The van der Waals surface area contributed by atoms with Crippen LogP contribution < -0.4 is 11.7 Å². The fourth-order valence-corrected chi connectivity index (χ4v) is 4.37. The number of thioether (sulfide) groups is 1. The third kappa shape index (κ3) is 6.84. The van der Waals surface area contributed by atoms with E-state index in [1.165, 1.54) is 18.2 Å². The lowest BCUT2D eigenvalue weighted by Crippen LogP contribution is -2.34. The molecule has 0 aromatic heterocycles. The van der Waals surface area contributed by atoms with Crippen molar-refractivity contribution in [1.82, 2.24) is 4.90 Å². The zero-order valence-electron chi connectivity index (χ0n) is 16.9. The first-order valence-electron chi connectivity index (χ1n) is 9.47. The number of allylic oxidation sites excluding steroid dienone is 2. The third-order valence-electron chi connectivity index (χ3n) is 4.58. The van der Waals surface area contributed by atoms with Crippen LogP contribution in [0.3, 0.4) is 0 Å². The molecule has 3 rings (SSSR count). The maximum absolute atomic E-state index is 14.5. The third-order valence-corrected chi connectivity index (χ3v) is 5.86. The summed E-state index contributed by atoms with van der Waals surface area (Å²) in [6.45, 7) is 0.227. The number of aliphatic carboxylic acids is 1. The Hall–Kier alpha value is -2.82. The van der Waals surface area contributed by atoms with Gasteiger partial charge in [0.15, 0.2) is 0 Å². The van der Waals surface area contributed by atoms with Crippen LogP contribution in [-0.4, -0.2) is 27.1 Å². The molecule has 1 unspecified atom stereocenters. The van der Waals surface area contributed by atoms with Crippen LogP contribution in [0, 0.1) is 11.6 Å². The first-order valence-corrected chi connectivity index (χ1v) is 10.5. The van der Waals surface area contributed by atoms with Gasteiger partial charge in [-0.3, -0.25) is 11.7 Å². The molecule has 1 atom stereocenters. The van der Waals surface area contributed by atoms with E-state index in [2.05, 4.69) is 11.7 Å². The van der Waals surface area contributed by atoms with Gasteiger partial charge < -0.3 is 10.0 Å². The van der Waals surface area contributed by atoms with Crippen LogP contribution in [0.25, 0.3) is 0 Å². The molecule has 1 aliphatic rings. The lowest BCUT2D eigenvalue weighted by molar-refractivity contribution is -0.133. The average Bonchev–Trinajstić information content (AvgIpc) is 2.76. The number of hydrazine groups is 1. The molecule has 0 amide bonds. The summed E-state index contributed by atoms with van der Waals surface area (Å²) in [5.41, 5.74) is 0.399. The minimum atomic E-state index is -3.17. The second-order valence-electron chi connectivity index (χ2n) is 6.76. The second-order valence-corrected chi connectivity index (χ2v) is 7.94. The Morgan fingerprint density at radius 1 is 1.09 bits per heavy atom. The summed E-state index contributed by atoms with van der Waals surface area (Å²) >= 11 is 1.07. The molecule has 0 saturated heterocycles. The van der Waals surface area contributed by atoms with Gasteiger partial charge in [0.05, 0.1) is 5.57 Å². The van der Waals surface area contributed by atoms with Gasteiger partial charge in [-0.05, 0) is 42.0 Å². The Kier molecular flexibility index (Phi) is 9.30. The van der Waals surface area contributed by atoms with Crippen LogP contribution in [-0.2, 0) is 17.3 Å². The lowest BCUT2D eigenvalue weighted by atomic mass is 10.1. The van der Waals surface area contributed by atoms with Crippen molar-refractivity contribution in [2.75, 3.05) is 5.75 Å². The Labute approximate surface area is 187 Å². The molecule has 1 aliphatic heterocycles. The van der Waals surface area contributed by atoms with E-state index >= 15 is 0 Å². The summed E-state index contributed by atoms with van der Waals surface area (Å²) in [7, 11) is 0. The Balaban J connectivity index is 0.00000176. The molecule has 10 heteroatoms. The van der Waals surface area contributed by atoms with Crippen LogP contribution in [0.5, 0.6) is 0 Å². The van der Waals surface area contributed by atoms with Crippen molar-refractivity contribution in [3.05, 3.63) is 95.2 Å². The van der Waals surface area contributed by atoms with E-state index in [0.717, 1.165) is 36.0 Å². The van der Waals surface area contributed by atoms with E-state index in [-0.39, 0.29) is 23.4 Å². The van der Waals surface area contributed by atoms with Crippen molar-refractivity contribution in [3.8, 4) is 0 Å². The van der Waals surface area contributed by atoms with Crippen molar-refractivity contribution >= 4 is 17.7 Å². The molecule has 32 heavy (non-hydrogen) atoms. The highest BCUT2D eigenvalue weighted by Gasteiger charge is 2.33. The van der Waals surface area contributed by atoms with Gasteiger partial charge in [0.2, 0.25) is 0 Å². The largest absolute Gasteiger partial charge is 0.478 e. The molecule has 1 heterocycles. The molecule has 0 bridgehead atoms. The van der Waals surface area contributed by atoms with E-state index in [0.29, 0.717) is 5.56 Å². The molecule has 0 fully saturated rings. The van der Waals surface area contributed by atoms with E-state index in [1.54, 1.807) is 29.3 Å². The predicted molar refractivity (Wildman–Crippen MR) is 116 cm³/mol. The van der Waals surface area contributed by atoms with Gasteiger partial charge >= 0.3 is 5.97 Å². The van der Waals surface area contributed by atoms with Crippen molar-refractivity contribution < 1.29 is 27.5 Å². The molecular weight excluding hydrogens is 446 g/mol. The Morgan fingerprint density at radius 3 is 2.41 bits per heavy atom. The molecular formula is C22H23F4N3O2S. The number of carbonyl (C=O) groups is 1. The van der Waals surface area contributed by atoms with Crippen LogP contribution in [0.2, 0.25) is 0 Å². The molecule has 172 valence electrons. The highest BCUT2D eigenvalue weighted by atomic mass is 32.2. The zero-order chi connectivity index (χ0) is 23.7. The number of carboxylic acid groups (broad SMARTS) is 1. The van der Waals surface area contributed by atoms with Crippen molar-refractivity contribution in [3.63, 3.8) is 0 Å². The Morgan fingerprint density at radius 2 is 1.78 bits per heavy atom. The van der Waals surface area contributed by atoms with Crippen molar-refractivity contribution in [1.29, 1.82) is 0 Å². The maximum Gasteiger partial charge on any atom is 0.334 e. The normalized spacial score (nSPS) is 15.6. The molecule has 2 aromatic rings. The SMILES string of the molecule is NN.O=C(O)C1=CC=CN(Cc2cccc(F)c2)C1SCCC(F)(F)c1ccc(F)cc1. The summed E-state index contributed by atoms with van der Waals surface area (Å²) in [5, 5.41) is 8.81. The van der Waals surface area contributed by atoms with Crippen molar-refractivity contribution in [2.45, 2.75) is 24.3 Å². The summed E-state index contributed by atoms with van der Waals surface area (Å²) < 4.78 is 55.4. The van der Waals surface area contributed by atoms with Crippen LogP contribution >= 0.6 is 11.8 Å². The Bertz CT molecular complexity index is 968.